The van der Waals surface area contributed by atoms with Gasteiger partial charge in [0.05, 0.1) is 30.5 Å². The van der Waals surface area contributed by atoms with E-state index in [-0.39, 0.29) is 27.9 Å². The van der Waals surface area contributed by atoms with Crippen molar-refractivity contribution in [2.75, 3.05) is 18.1 Å². The van der Waals surface area contributed by atoms with Crippen molar-refractivity contribution < 1.29 is 29.0 Å². The second kappa shape index (κ2) is 10.3. The smallest absolute Gasteiger partial charge is 0.350 e. The fraction of sp³-hybridized carbons (Fsp3) is 0.259. The van der Waals surface area contributed by atoms with Gasteiger partial charge in [0.25, 0.3) is 5.78 Å². The monoisotopic (exact) mass is 506 g/mol. The summed E-state index contributed by atoms with van der Waals surface area (Å²) in [5.41, 5.74) is 2.27. The maximum absolute atomic E-state index is 13.4. The topological polar surface area (TPSA) is 106 Å². The van der Waals surface area contributed by atoms with Crippen LogP contribution in [-0.4, -0.2) is 41.0 Å². The third-order valence-electron chi connectivity index (χ3n) is 5.71. The number of nitrogens with zero attached hydrogens (tertiary/aromatic N) is 2. The molecular formula is C27H26N2O6S. The molecular weight excluding hydrogens is 480 g/mol. The summed E-state index contributed by atoms with van der Waals surface area (Å²) in [6.07, 6.45) is 0. The molecule has 2 heterocycles. The Kier molecular flexibility index (Phi) is 7.21. The lowest BCUT2D eigenvalue weighted by molar-refractivity contribution is -0.132. The van der Waals surface area contributed by atoms with Crippen LogP contribution in [0.5, 0.6) is 5.75 Å². The van der Waals surface area contributed by atoms with Crippen LogP contribution in [0.1, 0.15) is 51.9 Å². The van der Waals surface area contributed by atoms with E-state index in [0.29, 0.717) is 29.2 Å². The molecule has 1 amide bonds. The zero-order valence-corrected chi connectivity index (χ0v) is 21.2. The highest BCUT2D eigenvalue weighted by molar-refractivity contribution is 7.17. The average Bonchev–Trinajstić information content (AvgIpc) is 3.36. The molecule has 0 aliphatic carbocycles. The van der Waals surface area contributed by atoms with Crippen molar-refractivity contribution in [3.8, 4) is 5.75 Å². The van der Waals surface area contributed by atoms with Gasteiger partial charge in [-0.25, -0.2) is 9.78 Å². The number of anilines is 1. The zero-order chi connectivity index (χ0) is 26.0. The summed E-state index contributed by atoms with van der Waals surface area (Å²) in [6, 6.07) is 13.0. The van der Waals surface area contributed by atoms with E-state index in [9.17, 15) is 19.5 Å². The van der Waals surface area contributed by atoms with E-state index in [1.165, 1.54) is 4.90 Å². The number of ketones is 1. The van der Waals surface area contributed by atoms with Crippen molar-refractivity contribution in [3.05, 3.63) is 81.4 Å². The molecule has 1 fully saturated rings. The number of thiazole rings is 1. The molecule has 1 aliphatic heterocycles. The SMILES string of the molecule is CCOC(=O)c1sc(N2C(=O)C(=O)C(=C(O)c3ccc(C)cc3)C2c2cccc(OCC)c2)nc1C. The summed E-state index contributed by atoms with van der Waals surface area (Å²) in [4.78, 5) is 45.0. The van der Waals surface area contributed by atoms with Crippen molar-refractivity contribution in [2.24, 2.45) is 0 Å². The Morgan fingerprint density at radius 3 is 2.47 bits per heavy atom. The van der Waals surface area contributed by atoms with Gasteiger partial charge in [-0.2, -0.15) is 0 Å². The third kappa shape index (κ3) is 4.61. The van der Waals surface area contributed by atoms with Crippen LogP contribution < -0.4 is 9.64 Å². The van der Waals surface area contributed by atoms with Gasteiger partial charge in [0.15, 0.2) is 5.13 Å². The lowest BCUT2D eigenvalue weighted by atomic mass is 9.95. The fourth-order valence-corrected chi connectivity index (χ4v) is 5.01. The Balaban J connectivity index is 1.91. The molecule has 1 aliphatic rings. The number of aryl methyl sites for hydroxylation is 2. The summed E-state index contributed by atoms with van der Waals surface area (Å²) >= 11 is 0.967. The van der Waals surface area contributed by atoms with Gasteiger partial charge >= 0.3 is 11.9 Å². The number of carbonyl (C=O) groups excluding carboxylic acids is 3. The molecule has 3 aromatic rings. The summed E-state index contributed by atoms with van der Waals surface area (Å²) in [7, 11) is 0. The molecule has 186 valence electrons. The number of aliphatic hydroxyl groups excluding tert-OH is 1. The van der Waals surface area contributed by atoms with Crippen LogP contribution in [0.25, 0.3) is 5.76 Å². The van der Waals surface area contributed by atoms with E-state index in [1.54, 1.807) is 50.2 Å². The van der Waals surface area contributed by atoms with Gasteiger partial charge in [0.2, 0.25) is 0 Å². The Morgan fingerprint density at radius 2 is 1.81 bits per heavy atom. The number of hydrogen-bond acceptors (Lipinski definition) is 8. The first-order valence-corrected chi connectivity index (χ1v) is 12.3. The minimum atomic E-state index is -0.979. The maximum atomic E-state index is 13.4. The van der Waals surface area contributed by atoms with Gasteiger partial charge in [0.1, 0.15) is 16.4 Å². The number of rotatable bonds is 7. The Bertz CT molecular complexity index is 1360. The molecule has 0 spiro atoms. The van der Waals surface area contributed by atoms with Crippen molar-refractivity contribution >= 4 is 39.9 Å². The highest BCUT2D eigenvalue weighted by Crippen LogP contribution is 2.44. The van der Waals surface area contributed by atoms with Crippen LogP contribution in [0.15, 0.2) is 54.1 Å². The predicted octanol–water partition coefficient (Wildman–Crippen LogP) is 4.96. The number of Topliss-reactive ketones (excluding diaryl/α,β-unsaturated/α-hetero) is 1. The minimum Gasteiger partial charge on any atom is -0.507 e. The number of ether oxygens (including phenoxy) is 2. The molecule has 1 aromatic heterocycles. The van der Waals surface area contributed by atoms with Gasteiger partial charge in [-0.15, -0.1) is 0 Å². The number of benzene rings is 2. The van der Waals surface area contributed by atoms with Gasteiger partial charge < -0.3 is 14.6 Å². The van der Waals surface area contributed by atoms with E-state index in [0.717, 1.165) is 16.9 Å². The van der Waals surface area contributed by atoms with Crippen molar-refractivity contribution in [1.82, 2.24) is 4.98 Å². The fourth-order valence-electron chi connectivity index (χ4n) is 4.02. The molecule has 8 nitrogen and oxygen atoms in total. The number of aliphatic hydroxyl groups is 1. The van der Waals surface area contributed by atoms with E-state index in [1.807, 2.05) is 26.0 Å². The molecule has 1 N–H and O–H groups in total. The van der Waals surface area contributed by atoms with E-state index in [2.05, 4.69) is 4.98 Å². The lowest BCUT2D eigenvalue weighted by Crippen LogP contribution is -2.29. The highest BCUT2D eigenvalue weighted by atomic mass is 32.1. The van der Waals surface area contributed by atoms with Gasteiger partial charge in [0, 0.05) is 5.56 Å². The standard InChI is InChI=1S/C27H26N2O6S/c1-5-34-19-9-7-8-18(14-19)21-20(22(30)17-12-10-15(3)11-13-17)23(31)25(32)29(21)27-28-16(4)24(36-27)26(33)35-6-2/h7-14,21,30H,5-6H2,1-4H3. The first kappa shape index (κ1) is 25.1. The summed E-state index contributed by atoms with van der Waals surface area (Å²) in [5.74, 6) is -1.98. The van der Waals surface area contributed by atoms with Crippen molar-refractivity contribution in [1.29, 1.82) is 0 Å². The highest BCUT2D eigenvalue weighted by Gasteiger charge is 2.48. The van der Waals surface area contributed by atoms with E-state index >= 15 is 0 Å². The number of esters is 1. The number of hydrogen-bond donors (Lipinski definition) is 1. The first-order valence-electron chi connectivity index (χ1n) is 11.5. The molecule has 1 saturated heterocycles. The van der Waals surface area contributed by atoms with Crippen LogP contribution in [-0.2, 0) is 14.3 Å². The van der Waals surface area contributed by atoms with E-state index < -0.39 is 23.7 Å². The normalized spacial score (nSPS) is 16.9. The average molecular weight is 507 g/mol. The Hall–Kier alpha value is -3.98. The second-order valence-corrected chi connectivity index (χ2v) is 9.15. The van der Waals surface area contributed by atoms with Crippen molar-refractivity contribution in [2.45, 2.75) is 33.7 Å². The molecule has 4 rings (SSSR count). The molecule has 36 heavy (non-hydrogen) atoms. The molecule has 1 unspecified atom stereocenters. The minimum absolute atomic E-state index is 0.0666. The molecule has 0 radical (unpaired) electrons. The zero-order valence-electron chi connectivity index (χ0n) is 20.4. The Labute approximate surface area is 212 Å². The maximum Gasteiger partial charge on any atom is 0.350 e. The number of amides is 1. The first-order chi connectivity index (χ1) is 17.3. The third-order valence-corrected chi connectivity index (χ3v) is 6.84. The lowest BCUT2D eigenvalue weighted by Gasteiger charge is -2.23. The molecule has 1 atom stereocenters. The van der Waals surface area contributed by atoms with Crippen LogP contribution in [0.2, 0.25) is 0 Å². The molecule has 2 aromatic carbocycles. The quantitative estimate of drug-likeness (QED) is 0.209. The largest absolute Gasteiger partial charge is 0.507 e. The molecule has 0 saturated carbocycles. The summed E-state index contributed by atoms with van der Waals surface area (Å²) in [5, 5.41) is 11.4. The van der Waals surface area contributed by atoms with Crippen LogP contribution in [0, 0.1) is 13.8 Å². The van der Waals surface area contributed by atoms with Crippen LogP contribution in [0.4, 0.5) is 5.13 Å². The molecule has 0 bridgehead atoms. The summed E-state index contributed by atoms with van der Waals surface area (Å²) in [6.45, 7) is 7.72. The van der Waals surface area contributed by atoms with Gasteiger partial charge in [-0.1, -0.05) is 53.3 Å². The van der Waals surface area contributed by atoms with Gasteiger partial charge in [-0.3, -0.25) is 14.5 Å². The van der Waals surface area contributed by atoms with Crippen molar-refractivity contribution in [3.63, 3.8) is 0 Å². The number of carbonyl (C=O) groups is 3. The second-order valence-electron chi connectivity index (χ2n) is 8.17. The molecule has 9 heteroatoms. The Morgan fingerprint density at radius 1 is 1.08 bits per heavy atom. The van der Waals surface area contributed by atoms with Crippen LogP contribution >= 0.6 is 11.3 Å². The van der Waals surface area contributed by atoms with Gasteiger partial charge in [-0.05, 0) is 45.4 Å². The van der Waals surface area contributed by atoms with Crippen LogP contribution in [0.3, 0.4) is 0 Å². The predicted molar refractivity (Wildman–Crippen MR) is 136 cm³/mol. The van der Waals surface area contributed by atoms with E-state index in [4.69, 9.17) is 9.47 Å². The summed E-state index contributed by atoms with van der Waals surface area (Å²) < 4.78 is 10.7. The number of aromatic nitrogens is 1.